The highest BCUT2D eigenvalue weighted by atomic mass is 16.2. The molecular formula is C10H14N5O+. The molecule has 1 aliphatic rings. The summed E-state index contributed by atoms with van der Waals surface area (Å²) < 4.78 is 0. The number of amides is 1. The number of aromatic amines is 1. The molecule has 84 valence electrons. The number of diazo groups is 1. The number of imidazole rings is 1. The third-order valence-corrected chi connectivity index (χ3v) is 2.77. The first-order chi connectivity index (χ1) is 7.76. The minimum absolute atomic E-state index is 0.0914. The Balaban J connectivity index is 2.28. The van der Waals surface area contributed by atoms with Crippen LogP contribution >= 0.6 is 0 Å². The summed E-state index contributed by atoms with van der Waals surface area (Å²) in [7, 11) is 0. The first-order valence-electron chi connectivity index (χ1n) is 5.49. The van der Waals surface area contributed by atoms with Gasteiger partial charge < -0.3 is 9.88 Å². The van der Waals surface area contributed by atoms with Gasteiger partial charge in [0.15, 0.2) is 0 Å². The maximum absolute atomic E-state index is 12.0. The molecule has 1 aliphatic heterocycles. The van der Waals surface area contributed by atoms with Crippen LogP contribution in [-0.4, -0.2) is 33.9 Å². The normalized spacial score (nSPS) is 15.1. The van der Waals surface area contributed by atoms with Gasteiger partial charge in [-0.15, -0.1) is 0 Å². The summed E-state index contributed by atoms with van der Waals surface area (Å²) in [6.07, 6.45) is 2.74. The molecule has 1 saturated heterocycles. The average Bonchev–Trinajstić information content (AvgIpc) is 2.96. The number of hydrogen-bond acceptors (Lipinski definition) is 3. The van der Waals surface area contributed by atoms with Gasteiger partial charge in [-0.2, -0.15) is 0 Å². The molecule has 2 heterocycles. The number of hydrogen-bond donors (Lipinski definition) is 1. The lowest BCUT2D eigenvalue weighted by Crippen LogP contribution is -2.27. The SMILES string of the molecule is CCc1nc([N+]#N)c(C(=O)N2CCCC2)[nH]1. The summed E-state index contributed by atoms with van der Waals surface area (Å²) in [5.74, 6) is 0.626. The maximum Gasteiger partial charge on any atom is 0.495 e. The van der Waals surface area contributed by atoms with Crippen LogP contribution in [0.4, 0.5) is 5.82 Å². The molecule has 6 nitrogen and oxygen atoms in total. The van der Waals surface area contributed by atoms with Crippen LogP contribution in [0, 0.1) is 5.39 Å². The van der Waals surface area contributed by atoms with Crippen molar-refractivity contribution in [3.05, 3.63) is 16.5 Å². The number of H-pyrrole nitrogens is 1. The monoisotopic (exact) mass is 220 g/mol. The Labute approximate surface area is 93.3 Å². The van der Waals surface area contributed by atoms with E-state index >= 15 is 0 Å². The lowest BCUT2D eigenvalue weighted by Gasteiger charge is -2.11. The molecule has 1 fully saturated rings. The highest BCUT2D eigenvalue weighted by molar-refractivity contribution is 5.97. The van der Waals surface area contributed by atoms with Crippen LogP contribution in [0.2, 0.25) is 0 Å². The molecule has 1 N–H and O–H groups in total. The van der Waals surface area contributed by atoms with Gasteiger partial charge in [0.1, 0.15) is 0 Å². The summed E-state index contributed by atoms with van der Waals surface area (Å²) in [6.45, 7) is 3.46. The van der Waals surface area contributed by atoms with Crippen molar-refractivity contribution in [3.63, 3.8) is 0 Å². The molecule has 0 aliphatic carbocycles. The van der Waals surface area contributed by atoms with Gasteiger partial charge in [-0.25, -0.2) is 0 Å². The van der Waals surface area contributed by atoms with Crippen molar-refractivity contribution in [1.29, 1.82) is 5.39 Å². The third kappa shape index (κ3) is 1.76. The standard InChI is InChI=1S/C10H13N5O/c1-2-7-12-8(9(13-7)14-11)10(16)15-5-3-4-6-15/h2-6H2,1H3/p+1. The molecule has 2 rings (SSSR count). The zero-order valence-electron chi connectivity index (χ0n) is 9.23. The Hall–Kier alpha value is -1.90. The van der Waals surface area contributed by atoms with Crippen molar-refractivity contribution in [2.75, 3.05) is 13.1 Å². The molecule has 0 radical (unpaired) electrons. The zero-order chi connectivity index (χ0) is 11.5. The van der Waals surface area contributed by atoms with E-state index in [1.54, 1.807) is 4.90 Å². The lowest BCUT2D eigenvalue weighted by molar-refractivity contribution is 0.0788. The van der Waals surface area contributed by atoms with E-state index in [1.807, 2.05) is 6.92 Å². The van der Waals surface area contributed by atoms with E-state index < -0.39 is 0 Å². The fourth-order valence-electron chi connectivity index (χ4n) is 1.88. The van der Waals surface area contributed by atoms with E-state index in [1.165, 1.54) is 0 Å². The van der Waals surface area contributed by atoms with Crippen molar-refractivity contribution < 1.29 is 4.79 Å². The predicted octanol–water partition coefficient (Wildman–Crippen LogP) is 1.69. The van der Waals surface area contributed by atoms with E-state index in [-0.39, 0.29) is 11.7 Å². The van der Waals surface area contributed by atoms with Gasteiger partial charge in [0, 0.05) is 24.5 Å². The van der Waals surface area contributed by atoms with Crippen molar-refractivity contribution in [3.8, 4) is 0 Å². The number of nitrogens with zero attached hydrogens (tertiary/aromatic N) is 4. The fraction of sp³-hybridized carbons (Fsp3) is 0.600. The highest BCUT2D eigenvalue weighted by Gasteiger charge is 2.31. The topological polar surface area (TPSA) is 77.1 Å². The average molecular weight is 220 g/mol. The second kappa shape index (κ2) is 4.31. The van der Waals surface area contributed by atoms with E-state index in [0.717, 1.165) is 25.9 Å². The quantitative estimate of drug-likeness (QED) is 0.770. The summed E-state index contributed by atoms with van der Waals surface area (Å²) in [5.41, 5.74) is 0.293. The first kappa shape index (κ1) is 10.6. The predicted molar refractivity (Wildman–Crippen MR) is 57.8 cm³/mol. The third-order valence-electron chi connectivity index (χ3n) is 2.77. The number of rotatable bonds is 2. The number of nitrogens with one attached hydrogen (secondary N) is 1. The molecule has 6 heteroatoms. The Morgan fingerprint density at radius 2 is 2.25 bits per heavy atom. The summed E-state index contributed by atoms with van der Waals surface area (Å²) in [4.78, 5) is 23.8. The molecule has 1 aromatic rings. The molecule has 0 atom stereocenters. The van der Waals surface area contributed by atoms with Crippen molar-refractivity contribution >= 4 is 11.7 Å². The Bertz CT molecular complexity index is 439. The number of likely N-dealkylation sites (tertiary alicyclic amines) is 1. The number of aromatic nitrogens is 2. The van der Waals surface area contributed by atoms with Gasteiger partial charge in [0.2, 0.25) is 11.5 Å². The zero-order valence-corrected chi connectivity index (χ0v) is 9.23. The Morgan fingerprint density at radius 3 is 2.81 bits per heavy atom. The Kier molecular flexibility index (Phi) is 2.86. The van der Waals surface area contributed by atoms with Gasteiger partial charge in [0.25, 0.3) is 5.91 Å². The van der Waals surface area contributed by atoms with E-state index in [0.29, 0.717) is 17.9 Å². The van der Waals surface area contributed by atoms with Crippen LogP contribution in [0.5, 0.6) is 0 Å². The first-order valence-corrected chi connectivity index (χ1v) is 5.49. The second-order valence-corrected chi connectivity index (χ2v) is 3.83. The summed E-state index contributed by atoms with van der Waals surface area (Å²) >= 11 is 0. The van der Waals surface area contributed by atoms with Crippen LogP contribution < -0.4 is 0 Å². The van der Waals surface area contributed by atoms with Crippen LogP contribution in [0.15, 0.2) is 0 Å². The van der Waals surface area contributed by atoms with Gasteiger partial charge >= 0.3 is 5.82 Å². The van der Waals surface area contributed by atoms with E-state index in [2.05, 4.69) is 14.9 Å². The minimum atomic E-state index is -0.127. The molecule has 0 saturated carbocycles. The molecule has 0 unspecified atom stereocenters. The second-order valence-electron chi connectivity index (χ2n) is 3.83. The van der Waals surface area contributed by atoms with Gasteiger partial charge in [0.05, 0.1) is 5.39 Å². The molecule has 1 aromatic heterocycles. The fourth-order valence-corrected chi connectivity index (χ4v) is 1.88. The summed E-state index contributed by atoms with van der Waals surface area (Å²) in [5, 5.41) is 8.79. The van der Waals surface area contributed by atoms with Gasteiger partial charge in [-0.1, -0.05) is 6.92 Å². The molecule has 0 spiro atoms. The van der Waals surface area contributed by atoms with Gasteiger partial charge in [-0.3, -0.25) is 4.79 Å². The lowest BCUT2D eigenvalue weighted by atomic mass is 10.4. The molecule has 0 bridgehead atoms. The molecular weight excluding hydrogens is 206 g/mol. The van der Waals surface area contributed by atoms with E-state index in [9.17, 15) is 4.79 Å². The largest absolute Gasteiger partial charge is 0.495 e. The number of aryl methyl sites for hydroxylation is 1. The number of carbonyl (C=O) groups excluding carboxylic acids is 1. The molecule has 0 aromatic carbocycles. The molecule has 1 amide bonds. The van der Waals surface area contributed by atoms with Crippen LogP contribution in [0.3, 0.4) is 0 Å². The van der Waals surface area contributed by atoms with Gasteiger partial charge in [-0.05, 0) is 17.8 Å². The van der Waals surface area contributed by atoms with Crippen molar-refractivity contribution in [2.45, 2.75) is 26.2 Å². The van der Waals surface area contributed by atoms with Crippen LogP contribution in [-0.2, 0) is 6.42 Å². The highest BCUT2D eigenvalue weighted by Crippen LogP contribution is 2.20. The maximum atomic E-state index is 12.0. The smallest absolute Gasteiger partial charge is 0.337 e. The number of carbonyl (C=O) groups is 1. The minimum Gasteiger partial charge on any atom is -0.337 e. The summed E-state index contributed by atoms with van der Waals surface area (Å²) in [6, 6.07) is 0. The van der Waals surface area contributed by atoms with Crippen molar-refractivity contribution in [2.24, 2.45) is 0 Å². The van der Waals surface area contributed by atoms with Crippen LogP contribution in [0.1, 0.15) is 36.1 Å². The molecule has 16 heavy (non-hydrogen) atoms. The van der Waals surface area contributed by atoms with Crippen LogP contribution in [0.25, 0.3) is 4.98 Å². The van der Waals surface area contributed by atoms with E-state index in [4.69, 9.17) is 5.39 Å². The van der Waals surface area contributed by atoms with Crippen molar-refractivity contribution in [1.82, 2.24) is 14.9 Å². The Morgan fingerprint density at radius 1 is 1.56 bits per heavy atom.